The summed E-state index contributed by atoms with van der Waals surface area (Å²) in [6, 6.07) is 17.5. The van der Waals surface area contributed by atoms with Crippen molar-refractivity contribution in [3.63, 3.8) is 0 Å². The highest BCUT2D eigenvalue weighted by Gasteiger charge is 2.26. The summed E-state index contributed by atoms with van der Waals surface area (Å²) in [5, 5.41) is 6.00. The van der Waals surface area contributed by atoms with E-state index in [-0.39, 0.29) is 6.03 Å². The van der Waals surface area contributed by atoms with Gasteiger partial charge in [0.25, 0.3) is 0 Å². The predicted octanol–water partition coefficient (Wildman–Crippen LogP) is 4.67. The molecule has 0 aliphatic carbocycles. The van der Waals surface area contributed by atoms with E-state index < -0.39 is 5.54 Å². The molecular weight excluding hydrogens is 300 g/mol. The minimum Gasteiger partial charge on any atom is -0.377 e. The minimum absolute atomic E-state index is 0.211. The van der Waals surface area contributed by atoms with Crippen molar-refractivity contribution in [3.05, 3.63) is 65.7 Å². The van der Waals surface area contributed by atoms with E-state index in [4.69, 9.17) is 4.74 Å². The molecule has 2 amide bonds. The zero-order chi connectivity index (χ0) is 17.4. The molecule has 2 rings (SSSR count). The Bertz CT molecular complexity index is 658. The van der Waals surface area contributed by atoms with Crippen molar-refractivity contribution < 1.29 is 9.53 Å². The summed E-state index contributed by atoms with van der Waals surface area (Å²) in [5.74, 6) is 0. The third-order valence-corrected chi connectivity index (χ3v) is 4.17. The van der Waals surface area contributed by atoms with Gasteiger partial charge in [0.15, 0.2) is 0 Å². The molecule has 0 saturated carbocycles. The van der Waals surface area contributed by atoms with E-state index >= 15 is 0 Å². The van der Waals surface area contributed by atoms with Crippen LogP contribution in [0.2, 0.25) is 0 Å². The molecule has 0 radical (unpaired) electrons. The van der Waals surface area contributed by atoms with Gasteiger partial charge in [-0.1, -0.05) is 49.4 Å². The second-order valence-electron chi connectivity index (χ2n) is 5.97. The number of rotatable bonds is 7. The Balaban J connectivity index is 2.04. The van der Waals surface area contributed by atoms with Crippen molar-refractivity contribution in [2.75, 3.05) is 11.9 Å². The Morgan fingerprint density at radius 1 is 1.08 bits per heavy atom. The van der Waals surface area contributed by atoms with E-state index in [2.05, 4.69) is 17.6 Å². The summed E-state index contributed by atoms with van der Waals surface area (Å²) >= 11 is 0. The number of benzene rings is 2. The second-order valence-corrected chi connectivity index (χ2v) is 5.97. The largest absolute Gasteiger partial charge is 0.377 e. The molecule has 0 spiro atoms. The Kier molecular flexibility index (Phi) is 6.38. The molecule has 0 bridgehead atoms. The predicted molar refractivity (Wildman–Crippen MR) is 98.0 cm³/mol. The molecule has 4 heteroatoms. The Morgan fingerprint density at radius 2 is 1.83 bits per heavy atom. The molecule has 0 aliphatic rings. The lowest BCUT2D eigenvalue weighted by Crippen LogP contribution is -2.45. The van der Waals surface area contributed by atoms with Gasteiger partial charge in [-0.15, -0.1) is 0 Å². The molecule has 2 aromatic rings. The first-order valence-electron chi connectivity index (χ1n) is 8.38. The third kappa shape index (κ3) is 4.83. The van der Waals surface area contributed by atoms with E-state index in [0.29, 0.717) is 13.2 Å². The summed E-state index contributed by atoms with van der Waals surface area (Å²) < 4.78 is 5.41. The van der Waals surface area contributed by atoms with Gasteiger partial charge in [0.1, 0.15) is 0 Å². The van der Waals surface area contributed by atoms with Crippen molar-refractivity contribution >= 4 is 11.7 Å². The van der Waals surface area contributed by atoms with E-state index in [9.17, 15) is 4.79 Å². The highest BCUT2D eigenvalue weighted by atomic mass is 16.5. The zero-order valence-corrected chi connectivity index (χ0v) is 14.6. The van der Waals surface area contributed by atoms with Crippen LogP contribution in [-0.4, -0.2) is 12.6 Å². The number of carbonyl (C=O) groups excluding carboxylic acids is 1. The standard InChI is InChI=1S/C20H26N2O2/c1-4-20(3,17-11-7-6-8-12-17)22-19(23)21-18-13-9-10-16(14-18)15-24-5-2/h6-14H,4-5,15H2,1-3H3,(H2,21,22,23). The molecule has 1 atom stereocenters. The fourth-order valence-corrected chi connectivity index (χ4v) is 2.54. The number of hydrogen-bond acceptors (Lipinski definition) is 2. The lowest BCUT2D eigenvalue weighted by Gasteiger charge is -2.30. The number of carbonyl (C=O) groups is 1. The average molecular weight is 326 g/mol. The fraction of sp³-hybridized carbons (Fsp3) is 0.350. The van der Waals surface area contributed by atoms with Gasteiger partial charge in [-0.2, -0.15) is 0 Å². The van der Waals surface area contributed by atoms with Gasteiger partial charge >= 0.3 is 6.03 Å². The number of ether oxygens (including phenoxy) is 1. The maximum absolute atomic E-state index is 12.4. The Labute approximate surface area is 144 Å². The van der Waals surface area contributed by atoms with Crippen molar-refractivity contribution in [1.82, 2.24) is 5.32 Å². The van der Waals surface area contributed by atoms with Gasteiger partial charge < -0.3 is 15.4 Å². The summed E-state index contributed by atoms with van der Waals surface area (Å²) in [4.78, 5) is 12.4. The van der Waals surface area contributed by atoms with Gasteiger partial charge in [0, 0.05) is 12.3 Å². The number of hydrogen-bond donors (Lipinski definition) is 2. The van der Waals surface area contributed by atoms with Crippen LogP contribution in [0.5, 0.6) is 0 Å². The second kappa shape index (κ2) is 8.50. The van der Waals surface area contributed by atoms with Crippen molar-refractivity contribution in [3.8, 4) is 0 Å². The van der Waals surface area contributed by atoms with Crippen molar-refractivity contribution in [1.29, 1.82) is 0 Å². The fourth-order valence-electron chi connectivity index (χ4n) is 2.54. The molecule has 0 aromatic heterocycles. The summed E-state index contributed by atoms with van der Waals surface area (Å²) in [7, 11) is 0. The van der Waals surface area contributed by atoms with E-state index in [1.807, 2.05) is 68.4 Å². The lowest BCUT2D eigenvalue weighted by molar-refractivity contribution is 0.134. The summed E-state index contributed by atoms with van der Waals surface area (Å²) in [5.41, 5.74) is 2.48. The van der Waals surface area contributed by atoms with E-state index in [1.165, 1.54) is 0 Å². The first-order chi connectivity index (χ1) is 11.6. The van der Waals surface area contributed by atoms with Crippen LogP contribution in [0.15, 0.2) is 54.6 Å². The summed E-state index contributed by atoms with van der Waals surface area (Å²) in [6.45, 7) is 7.28. The molecule has 24 heavy (non-hydrogen) atoms. The van der Waals surface area contributed by atoms with Crippen molar-refractivity contribution in [2.45, 2.75) is 39.3 Å². The molecule has 2 aromatic carbocycles. The smallest absolute Gasteiger partial charge is 0.319 e. The van der Waals surface area contributed by atoms with E-state index in [0.717, 1.165) is 23.2 Å². The van der Waals surface area contributed by atoms with Gasteiger partial charge in [-0.25, -0.2) is 4.79 Å². The summed E-state index contributed by atoms with van der Waals surface area (Å²) in [6.07, 6.45) is 0.800. The molecule has 4 nitrogen and oxygen atoms in total. The Morgan fingerprint density at radius 3 is 2.50 bits per heavy atom. The van der Waals surface area contributed by atoms with Crippen LogP contribution in [0.3, 0.4) is 0 Å². The van der Waals surface area contributed by atoms with Gasteiger partial charge in [0.05, 0.1) is 12.1 Å². The molecule has 2 N–H and O–H groups in total. The van der Waals surface area contributed by atoms with Crippen LogP contribution < -0.4 is 10.6 Å². The van der Waals surface area contributed by atoms with Gasteiger partial charge in [-0.05, 0) is 43.5 Å². The average Bonchev–Trinajstić information content (AvgIpc) is 2.60. The number of amides is 2. The number of nitrogens with one attached hydrogen (secondary N) is 2. The minimum atomic E-state index is -0.408. The molecule has 1 unspecified atom stereocenters. The molecule has 128 valence electrons. The molecule has 0 heterocycles. The molecular formula is C20H26N2O2. The van der Waals surface area contributed by atoms with Crippen LogP contribution in [0.4, 0.5) is 10.5 Å². The number of urea groups is 1. The van der Waals surface area contributed by atoms with Crippen LogP contribution in [-0.2, 0) is 16.9 Å². The molecule has 0 aliphatic heterocycles. The topological polar surface area (TPSA) is 50.4 Å². The Hall–Kier alpha value is -2.33. The zero-order valence-electron chi connectivity index (χ0n) is 14.6. The normalized spacial score (nSPS) is 13.1. The maximum Gasteiger partial charge on any atom is 0.319 e. The van der Waals surface area contributed by atoms with Crippen molar-refractivity contribution in [2.24, 2.45) is 0 Å². The highest BCUT2D eigenvalue weighted by Crippen LogP contribution is 2.24. The monoisotopic (exact) mass is 326 g/mol. The molecule has 0 fully saturated rings. The first kappa shape index (κ1) is 18.0. The van der Waals surface area contributed by atoms with Crippen LogP contribution >= 0.6 is 0 Å². The third-order valence-electron chi connectivity index (χ3n) is 4.17. The lowest BCUT2D eigenvalue weighted by atomic mass is 9.89. The maximum atomic E-state index is 12.4. The molecule has 0 saturated heterocycles. The highest BCUT2D eigenvalue weighted by molar-refractivity contribution is 5.89. The number of anilines is 1. The van der Waals surface area contributed by atoms with Crippen LogP contribution in [0, 0.1) is 0 Å². The van der Waals surface area contributed by atoms with Gasteiger partial charge in [0.2, 0.25) is 0 Å². The van der Waals surface area contributed by atoms with Crippen LogP contribution in [0.1, 0.15) is 38.3 Å². The van der Waals surface area contributed by atoms with Crippen LogP contribution in [0.25, 0.3) is 0 Å². The van der Waals surface area contributed by atoms with Gasteiger partial charge in [-0.3, -0.25) is 0 Å². The first-order valence-corrected chi connectivity index (χ1v) is 8.38. The van der Waals surface area contributed by atoms with E-state index in [1.54, 1.807) is 0 Å². The SMILES string of the molecule is CCOCc1cccc(NC(=O)NC(C)(CC)c2ccccc2)c1. The quantitative estimate of drug-likeness (QED) is 0.777.